The number of hydrogen-bond donors (Lipinski definition) is 1. The quantitative estimate of drug-likeness (QED) is 0.918. The largest absolute Gasteiger partial charge is 0.340 e. The van der Waals surface area contributed by atoms with Crippen LogP contribution in [0.2, 0.25) is 5.02 Å². The van der Waals surface area contributed by atoms with E-state index >= 15 is 0 Å². The molecule has 0 fully saturated rings. The Morgan fingerprint density at radius 2 is 1.89 bits per heavy atom. The summed E-state index contributed by atoms with van der Waals surface area (Å²) in [7, 11) is 1.93. The molecule has 0 spiro atoms. The smallest absolute Gasteiger partial charge is 0.225 e. The molecular formula is C13H15ClN4. The molecule has 0 amide bonds. The molecule has 2 aromatic rings. The Labute approximate surface area is 111 Å². The first-order valence-electron chi connectivity index (χ1n) is 5.66. The van der Waals surface area contributed by atoms with Gasteiger partial charge in [0, 0.05) is 43.1 Å². The van der Waals surface area contributed by atoms with E-state index in [1.807, 2.05) is 36.2 Å². The molecule has 0 saturated carbocycles. The van der Waals surface area contributed by atoms with Crippen LogP contribution < -0.4 is 10.6 Å². The molecule has 0 aliphatic heterocycles. The number of anilines is 1. The first-order valence-corrected chi connectivity index (χ1v) is 6.04. The highest BCUT2D eigenvalue weighted by molar-refractivity contribution is 6.31. The van der Waals surface area contributed by atoms with Gasteiger partial charge in [0.2, 0.25) is 5.95 Å². The van der Waals surface area contributed by atoms with E-state index in [2.05, 4.69) is 9.97 Å². The van der Waals surface area contributed by atoms with Gasteiger partial charge in [0.05, 0.1) is 0 Å². The lowest BCUT2D eigenvalue weighted by molar-refractivity contribution is 0.858. The maximum atomic E-state index is 6.12. The standard InChI is InChI=1S/C13H15ClN4/c1-18(9-11-4-2-3-5-12(11)14)13-16-7-10(6-15)8-17-13/h2-5,7-8H,6,9,15H2,1H3. The van der Waals surface area contributed by atoms with E-state index in [4.69, 9.17) is 17.3 Å². The normalized spacial score (nSPS) is 10.4. The van der Waals surface area contributed by atoms with E-state index < -0.39 is 0 Å². The predicted molar refractivity (Wildman–Crippen MR) is 73.5 cm³/mol. The van der Waals surface area contributed by atoms with Crippen molar-refractivity contribution in [2.24, 2.45) is 5.73 Å². The zero-order valence-corrected chi connectivity index (χ0v) is 10.9. The summed E-state index contributed by atoms with van der Waals surface area (Å²) < 4.78 is 0. The summed E-state index contributed by atoms with van der Waals surface area (Å²) in [5.74, 6) is 0.659. The van der Waals surface area contributed by atoms with E-state index in [9.17, 15) is 0 Å². The second-order valence-corrected chi connectivity index (χ2v) is 4.45. The molecule has 0 radical (unpaired) electrons. The van der Waals surface area contributed by atoms with Crippen molar-refractivity contribution >= 4 is 17.5 Å². The van der Waals surface area contributed by atoms with Gasteiger partial charge in [0.1, 0.15) is 0 Å². The van der Waals surface area contributed by atoms with Crippen LogP contribution in [0.4, 0.5) is 5.95 Å². The second-order valence-electron chi connectivity index (χ2n) is 4.04. The summed E-state index contributed by atoms with van der Waals surface area (Å²) in [5.41, 5.74) is 7.48. The van der Waals surface area contributed by atoms with Crippen molar-refractivity contribution < 1.29 is 0 Å². The Balaban J connectivity index is 2.11. The van der Waals surface area contributed by atoms with Crippen molar-refractivity contribution in [3.05, 3.63) is 52.8 Å². The number of halogens is 1. The molecule has 4 nitrogen and oxygen atoms in total. The topological polar surface area (TPSA) is 55.0 Å². The van der Waals surface area contributed by atoms with E-state index in [1.165, 1.54) is 0 Å². The van der Waals surface area contributed by atoms with Gasteiger partial charge in [-0.05, 0) is 11.6 Å². The van der Waals surface area contributed by atoms with Gasteiger partial charge < -0.3 is 10.6 Å². The minimum Gasteiger partial charge on any atom is -0.340 e. The Morgan fingerprint density at radius 3 is 2.50 bits per heavy atom. The van der Waals surface area contributed by atoms with Crippen LogP contribution in [0.1, 0.15) is 11.1 Å². The number of nitrogens with two attached hydrogens (primary N) is 1. The minimum absolute atomic E-state index is 0.453. The lowest BCUT2D eigenvalue weighted by Gasteiger charge is -2.17. The molecule has 2 N–H and O–H groups in total. The maximum Gasteiger partial charge on any atom is 0.225 e. The van der Waals surface area contributed by atoms with Crippen LogP contribution in [-0.2, 0) is 13.1 Å². The van der Waals surface area contributed by atoms with E-state index in [0.717, 1.165) is 16.1 Å². The molecule has 0 aliphatic carbocycles. The van der Waals surface area contributed by atoms with E-state index in [-0.39, 0.29) is 0 Å². The van der Waals surface area contributed by atoms with Crippen molar-refractivity contribution in [3.8, 4) is 0 Å². The SMILES string of the molecule is CN(Cc1ccccc1Cl)c1ncc(CN)cn1. The van der Waals surface area contributed by atoms with Gasteiger partial charge in [-0.25, -0.2) is 9.97 Å². The summed E-state index contributed by atoms with van der Waals surface area (Å²) in [6.45, 7) is 1.12. The molecule has 5 heteroatoms. The third kappa shape index (κ3) is 2.97. The molecule has 2 rings (SSSR count). The monoisotopic (exact) mass is 262 g/mol. The minimum atomic E-state index is 0.453. The van der Waals surface area contributed by atoms with Crippen molar-refractivity contribution in [2.75, 3.05) is 11.9 Å². The second kappa shape index (κ2) is 5.80. The van der Waals surface area contributed by atoms with Gasteiger partial charge in [-0.1, -0.05) is 29.8 Å². The van der Waals surface area contributed by atoms with Crippen LogP contribution in [0, 0.1) is 0 Å². The fourth-order valence-corrected chi connectivity index (χ4v) is 1.80. The van der Waals surface area contributed by atoms with E-state index in [0.29, 0.717) is 19.0 Å². The Hall–Kier alpha value is -1.65. The summed E-state index contributed by atoms with van der Waals surface area (Å²) in [6.07, 6.45) is 3.48. The van der Waals surface area contributed by atoms with Crippen molar-refractivity contribution in [1.29, 1.82) is 0 Å². The van der Waals surface area contributed by atoms with E-state index in [1.54, 1.807) is 12.4 Å². The molecule has 0 bridgehead atoms. The summed E-state index contributed by atoms with van der Waals surface area (Å²) in [5, 5.41) is 0.753. The number of rotatable bonds is 4. The number of benzene rings is 1. The van der Waals surface area contributed by atoms with Crippen LogP contribution in [0.25, 0.3) is 0 Å². The average Bonchev–Trinajstić information content (AvgIpc) is 2.41. The van der Waals surface area contributed by atoms with Gasteiger partial charge in [-0.3, -0.25) is 0 Å². The highest BCUT2D eigenvalue weighted by atomic mass is 35.5. The third-order valence-electron chi connectivity index (χ3n) is 2.63. The molecule has 1 aromatic carbocycles. The first kappa shape index (κ1) is 12.8. The molecule has 0 atom stereocenters. The van der Waals surface area contributed by atoms with Gasteiger partial charge >= 0.3 is 0 Å². The highest BCUT2D eigenvalue weighted by Gasteiger charge is 2.07. The summed E-state index contributed by atoms with van der Waals surface area (Å²) in [4.78, 5) is 10.5. The number of hydrogen-bond acceptors (Lipinski definition) is 4. The Morgan fingerprint density at radius 1 is 1.22 bits per heavy atom. The number of nitrogens with zero attached hydrogens (tertiary/aromatic N) is 3. The van der Waals surface area contributed by atoms with Gasteiger partial charge in [0.15, 0.2) is 0 Å². The van der Waals surface area contributed by atoms with Crippen LogP contribution in [0.3, 0.4) is 0 Å². The Bertz CT molecular complexity index is 513. The third-order valence-corrected chi connectivity index (χ3v) is 3.00. The molecule has 0 aliphatic rings. The molecule has 0 unspecified atom stereocenters. The molecule has 18 heavy (non-hydrogen) atoms. The van der Waals surface area contributed by atoms with Crippen LogP contribution in [0.15, 0.2) is 36.7 Å². The van der Waals surface area contributed by atoms with Crippen molar-refractivity contribution in [2.45, 2.75) is 13.1 Å². The van der Waals surface area contributed by atoms with Gasteiger partial charge in [-0.2, -0.15) is 0 Å². The summed E-state index contributed by atoms with van der Waals surface area (Å²) in [6, 6.07) is 7.75. The zero-order valence-electron chi connectivity index (χ0n) is 10.2. The molecule has 0 saturated heterocycles. The molecule has 1 heterocycles. The number of aromatic nitrogens is 2. The first-order chi connectivity index (χ1) is 8.70. The van der Waals surface area contributed by atoms with Crippen molar-refractivity contribution in [1.82, 2.24) is 9.97 Å². The average molecular weight is 263 g/mol. The Kier molecular flexibility index (Phi) is 4.12. The fourth-order valence-electron chi connectivity index (χ4n) is 1.60. The lowest BCUT2D eigenvalue weighted by Crippen LogP contribution is -2.19. The molecule has 1 aromatic heterocycles. The van der Waals surface area contributed by atoms with Crippen molar-refractivity contribution in [3.63, 3.8) is 0 Å². The maximum absolute atomic E-state index is 6.12. The van der Waals surface area contributed by atoms with Crippen LogP contribution >= 0.6 is 11.6 Å². The van der Waals surface area contributed by atoms with Crippen LogP contribution in [0.5, 0.6) is 0 Å². The van der Waals surface area contributed by atoms with Gasteiger partial charge in [-0.15, -0.1) is 0 Å². The lowest BCUT2D eigenvalue weighted by atomic mass is 10.2. The van der Waals surface area contributed by atoms with Crippen LogP contribution in [-0.4, -0.2) is 17.0 Å². The highest BCUT2D eigenvalue weighted by Crippen LogP contribution is 2.18. The zero-order chi connectivity index (χ0) is 13.0. The fraction of sp³-hybridized carbons (Fsp3) is 0.231. The molecule has 94 valence electrons. The van der Waals surface area contributed by atoms with Gasteiger partial charge in [0.25, 0.3) is 0 Å². The predicted octanol–water partition coefficient (Wildman–Crippen LogP) is 2.23. The molecular weight excluding hydrogens is 248 g/mol. The summed E-state index contributed by atoms with van der Waals surface area (Å²) >= 11 is 6.12.